The zero-order valence-corrected chi connectivity index (χ0v) is 15.7. The van der Waals surface area contributed by atoms with E-state index in [0.717, 1.165) is 13.0 Å². The van der Waals surface area contributed by atoms with Crippen LogP contribution >= 0.6 is 11.6 Å². The number of ether oxygens (including phenoxy) is 3. The lowest BCUT2D eigenvalue weighted by Gasteiger charge is -2.13. The minimum absolute atomic E-state index is 0.314. The van der Waals surface area contributed by atoms with E-state index >= 15 is 0 Å². The molecule has 2 aromatic rings. The molecule has 0 radical (unpaired) electrons. The third-order valence-electron chi connectivity index (χ3n) is 3.58. The number of benzene rings is 1. The molecule has 0 fully saturated rings. The van der Waals surface area contributed by atoms with Crippen LogP contribution in [0.2, 0.25) is 5.02 Å². The molecule has 0 saturated heterocycles. The number of carbonyl (C=O) groups is 1. The second-order valence-corrected chi connectivity index (χ2v) is 5.75. The highest BCUT2D eigenvalue weighted by Crippen LogP contribution is 2.36. The third kappa shape index (κ3) is 5.24. The highest BCUT2D eigenvalue weighted by atomic mass is 35.5. The molecule has 2 rings (SSSR count). The fourth-order valence-electron chi connectivity index (χ4n) is 2.22. The molecular formula is C18H22ClN3O4. The molecule has 140 valence electrons. The van der Waals surface area contributed by atoms with Gasteiger partial charge in [-0.15, -0.1) is 0 Å². The van der Waals surface area contributed by atoms with Gasteiger partial charge in [0.25, 0.3) is 5.91 Å². The lowest BCUT2D eigenvalue weighted by molar-refractivity contribution is 0.102. The Morgan fingerprint density at radius 3 is 2.54 bits per heavy atom. The molecule has 0 spiro atoms. The van der Waals surface area contributed by atoms with Gasteiger partial charge < -0.3 is 24.8 Å². The van der Waals surface area contributed by atoms with E-state index in [1.54, 1.807) is 31.4 Å². The summed E-state index contributed by atoms with van der Waals surface area (Å²) in [7, 11) is 4.66. The summed E-state index contributed by atoms with van der Waals surface area (Å²) in [5.74, 6) is 1.26. The summed E-state index contributed by atoms with van der Waals surface area (Å²) in [6.07, 6.45) is 2.38. The molecule has 0 bridgehead atoms. The van der Waals surface area contributed by atoms with Crippen molar-refractivity contribution in [3.63, 3.8) is 0 Å². The van der Waals surface area contributed by atoms with Crippen LogP contribution in [0.4, 0.5) is 11.5 Å². The molecule has 1 aromatic carbocycles. The van der Waals surface area contributed by atoms with Gasteiger partial charge in [-0.1, -0.05) is 11.6 Å². The van der Waals surface area contributed by atoms with Gasteiger partial charge in [0.15, 0.2) is 0 Å². The Kier molecular flexibility index (Phi) is 7.50. The van der Waals surface area contributed by atoms with Crippen LogP contribution in [0.25, 0.3) is 0 Å². The predicted molar refractivity (Wildman–Crippen MR) is 102 cm³/mol. The summed E-state index contributed by atoms with van der Waals surface area (Å²) in [6.45, 7) is 1.42. The molecule has 1 heterocycles. The molecule has 0 unspecified atom stereocenters. The third-order valence-corrected chi connectivity index (χ3v) is 3.87. The van der Waals surface area contributed by atoms with Crippen LogP contribution in [0.5, 0.6) is 11.5 Å². The average molecular weight is 380 g/mol. The number of nitrogens with one attached hydrogen (secondary N) is 2. The number of halogens is 1. The predicted octanol–water partition coefficient (Wildman–Crippen LogP) is 3.45. The van der Waals surface area contributed by atoms with Crippen molar-refractivity contribution in [1.29, 1.82) is 0 Å². The molecule has 0 saturated carbocycles. The lowest BCUT2D eigenvalue weighted by Crippen LogP contribution is -2.13. The van der Waals surface area contributed by atoms with Gasteiger partial charge in [-0.05, 0) is 18.6 Å². The number of nitrogens with zero attached hydrogens (tertiary/aromatic N) is 1. The SMILES string of the molecule is COCCCNc1ccc(C(=O)Nc2cc(OC)c(Cl)cc2OC)cn1. The maximum Gasteiger partial charge on any atom is 0.257 e. The number of hydrogen-bond donors (Lipinski definition) is 2. The maximum atomic E-state index is 12.5. The van der Waals surface area contributed by atoms with Crippen molar-refractivity contribution in [2.45, 2.75) is 6.42 Å². The van der Waals surface area contributed by atoms with Gasteiger partial charge in [0.2, 0.25) is 0 Å². The number of hydrogen-bond acceptors (Lipinski definition) is 6. The first-order valence-electron chi connectivity index (χ1n) is 8.00. The van der Waals surface area contributed by atoms with Crippen LogP contribution < -0.4 is 20.1 Å². The van der Waals surface area contributed by atoms with E-state index in [1.807, 2.05) is 0 Å². The molecule has 0 aliphatic heterocycles. The van der Waals surface area contributed by atoms with Crippen LogP contribution in [0, 0.1) is 0 Å². The van der Waals surface area contributed by atoms with E-state index in [-0.39, 0.29) is 5.91 Å². The maximum absolute atomic E-state index is 12.5. The van der Waals surface area contributed by atoms with Crippen molar-refractivity contribution >= 4 is 29.0 Å². The smallest absolute Gasteiger partial charge is 0.257 e. The summed E-state index contributed by atoms with van der Waals surface area (Å²) in [4.78, 5) is 16.7. The van der Waals surface area contributed by atoms with E-state index in [9.17, 15) is 4.79 Å². The first-order chi connectivity index (χ1) is 12.6. The molecule has 0 aliphatic rings. The zero-order chi connectivity index (χ0) is 18.9. The second kappa shape index (κ2) is 9.84. The van der Waals surface area contributed by atoms with Crippen molar-refractivity contribution in [2.75, 3.05) is 45.1 Å². The van der Waals surface area contributed by atoms with Crippen LogP contribution in [-0.2, 0) is 4.74 Å². The average Bonchev–Trinajstić information content (AvgIpc) is 2.66. The molecular weight excluding hydrogens is 358 g/mol. The first kappa shape index (κ1) is 19.8. The zero-order valence-electron chi connectivity index (χ0n) is 15.0. The minimum atomic E-state index is -0.314. The molecule has 7 nitrogen and oxygen atoms in total. The normalized spacial score (nSPS) is 10.3. The Balaban J connectivity index is 2.05. The molecule has 8 heteroatoms. The lowest BCUT2D eigenvalue weighted by atomic mass is 10.2. The Bertz CT molecular complexity index is 738. The van der Waals surface area contributed by atoms with Crippen LogP contribution in [0.15, 0.2) is 30.5 Å². The summed E-state index contributed by atoms with van der Waals surface area (Å²) in [6, 6.07) is 6.64. The number of carbonyl (C=O) groups excluding carboxylic acids is 1. The molecule has 2 N–H and O–H groups in total. The quantitative estimate of drug-likeness (QED) is 0.649. The van der Waals surface area contributed by atoms with Gasteiger partial charge in [0.05, 0.1) is 30.5 Å². The fraction of sp³-hybridized carbons (Fsp3) is 0.333. The molecule has 0 atom stereocenters. The summed E-state index contributed by atoms with van der Waals surface area (Å²) < 4.78 is 15.4. The summed E-state index contributed by atoms with van der Waals surface area (Å²) >= 11 is 6.07. The summed E-state index contributed by atoms with van der Waals surface area (Å²) in [5.41, 5.74) is 0.879. The van der Waals surface area contributed by atoms with Crippen LogP contribution in [0.1, 0.15) is 16.8 Å². The van der Waals surface area contributed by atoms with E-state index in [2.05, 4.69) is 15.6 Å². The standard InChI is InChI=1S/C18H22ClN3O4/c1-24-8-4-7-20-17-6-5-12(11-21-17)18(23)22-14-10-15(25-2)13(19)9-16(14)26-3/h5-6,9-11H,4,7-8H2,1-3H3,(H,20,21)(H,22,23). The number of pyridine rings is 1. The Labute approximate surface area is 157 Å². The van der Waals surface area contributed by atoms with Crippen molar-refractivity contribution < 1.29 is 19.0 Å². The topological polar surface area (TPSA) is 81.7 Å². The number of methoxy groups -OCH3 is 3. The molecule has 0 aliphatic carbocycles. The van der Waals surface area contributed by atoms with Gasteiger partial charge in [0.1, 0.15) is 17.3 Å². The minimum Gasteiger partial charge on any atom is -0.495 e. The van der Waals surface area contributed by atoms with Crippen LogP contribution in [-0.4, -0.2) is 45.4 Å². The van der Waals surface area contributed by atoms with Crippen molar-refractivity contribution in [1.82, 2.24) is 4.98 Å². The van der Waals surface area contributed by atoms with Crippen molar-refractivity contribution in [3.05, 3.63) is 41.0 Å². The van der Waals surface area contributed by atoms with Crippen molar-refractivity contribution in [2.24, 2.45) is 0 Å². The number of amides is 1. The monoisotopic (exact) mass is 379 g/mol. The highest BCUT2D eigenvalue weighted by molar-refractivity contribution is 6.32. The Hall–Kier alpha value is -2.51. The van der Waals surface area contributed by atoms with Gasteiger partial charge in [0, 0.05) is 38.6 Å². The van der Waals surface area contributed by atoms with E-state index < -0.39 is 0 Å². The summed E-state index contributed by atoms with van der Waals surface area (Å²) in [5, 5.41) is 6.34. The number of anilines is 2. The van der Waals surface area contributed by atoms with Crippen molar-refractivity contribution in [3.8, 4) is 11.5 Å². The Morgan fingerprint density at radius 2 is 1.92 bits per heavy atom. The highest BCUT2D eigenvalue weighted by Gasteiger charge is 2.14. The second-order valence-electron chi connectivity index (χ2n) is 5.35. The Morgan fingerprint density at radius 1 is 1.15 bits per heavy atom. The number of rotatable bonds is 9. The van der Waals surface area contributed by atoms with Gasteiger partial charge >= 0.3 is 0 Å². The van der Waals surface area contributed by atoms with E-state index in [4.69, 9.17) is 25.8 Å². The molecule has 1 amide bonds. The van der Waals surface area contributed by atoms with Gasteiger partial charge in [-0.3, -0.25) is 4.79 Å². The fourth-order valence-corrected chi connectivity index (χ4v) is 2.45. The number of aromatic nitrogens is 1. The van der Waals surface area contributed by atoms with Gasteiger partial charge in [-0.2, -0.15) is 0 Å². The van der Waals surface area contributed by atoms with E-state index in [0.29, 0.717) is 40.2 Å². The largest absolute Gasteiger partial charge is 0.495 e. The van der Waals surface area contributed by atoms with Gasteiger partial charge in [-0.25, -0.2) is 4.98 Å². The molecule has 1 aromatic heterocycles. The van der Waals surface area contributed by atoms with E-state index in [1.165, 1.54) is 20.4 Å². The van der Waals surface area contributed by atoms with Crippen LogP contribution in [0.3, 0.4) is 0 Å². The first-order valence-corrected chi connectivity index (χ1v) is 8.38. The molecule has 26 heavy (non-hydrogen) atoms.